The summed E-state index contributed by atoms with van der Waals surface area (Å²) in [4.78, 5) is 4.12. The molecule has 18 heavy (non-hydrogen) atoms. The summed E-state index contributed by atoms with van der Waals surface area (Å²) in [6.45, 7) is 2.66. The number of nitrogens with two attached hydrogens (primary N) is 1. The van der Waals surface area contributed by atoms with Crippen LogP contribution in [-0.4, -0.2) is 36.8 Å². The van der Waals surface area contributed by atoms with Gasteiger partial charge in [0.2, 0.25) is 10.0 Å². The van der Waals surface area contributed by atoms with Gasteiger partial charge in [0.05, 0.1) is 5.69 Å². The number of hydrogen-bond acceptors (Lipinski definition) is 4. The average molecular weight is 269 g/mol. The average Bonchev–Trinajstić information content (AvgIpc) is 2.39. The van der Waals surface area contributed by atoms with Gasteiger partial charge in [-0.1, -0.05) is 6.07 Å². The smallest absolute Gasteiger partial charge is 0.222 e. The van der Waals surface area contributed by atoms with Crippen molar-refractivity contribution in [3.8, 4) is 0 Å². The van der Waals surface area contributed by atoms with Gasteiger partial charge >= 0.3 is 0 Å². The van der Waals surface area contributed by atoms with Crippen LogP contribution in [0.1, 0.15) is 30.7 Å². The van der Waals surface area contributed by atoms with Crippen molar-refractivity contribution in [2.45, 2.75) is 31.1 Å². The van der Waals surface area contributed by atoms with E-state index in [1.54, 1.807) is 31.3 Å². The predicted octanol–water partition coefficient (Wildman–Crippen LogP) is 0.896. The van der Waals surface area contributed by atoms with Crippen LogP contribution in [0.3, 0.4) is 0 Å². The van der Waals surface area contributed by atoms with Crippen molar-refractivity contribution in [3.05, 3.63) is 30.1 Å². The van der Waals surface area contributed by atoms with E-state index in [4.69, 9.17) is 5.73 Å². The van der Waals surface area contributed by atoms with E-state index in [9.17, 15) is 8.42 Å². The molecule has 2 N–H and O–H groups in total. The molecule has 1 aliphatic rings. The molecular weight excluding hydrogens is 250 g/mol. The molecule has 100 valence electrons. The van der Waals surface area contributed by atoms with E-state index in [0.29, 0.717) is 18.8 Å². The normalized spacial score (nSPS) is 23.8. The lowest BCUT2D eigenvalue weighted by molar-refractivity contribution is 0.313. The van der Waals surface area contributed by atoms with Crippen LogP contribution < -0.4 is 5.73 Å². The summed E-state index contributed by atoms with van der Waals surface area (Å²) in [5.41, 5.74) is 6.42. The number of sulfonamides is 1. The summed E-state index contributed by atoms with van der Waals surface area (Å²) in [5.74, 6) is 0. The minimum Gasteiger partial charge on any atom is -0.327 e. The Bertz CT molecular complexity index is 489. The van der Waals surface area contributed by atoms with Crippen molar-refractivity contribution in [1.82, 2.24) is 9.29 Å². The summed E-state index contributed by atoms with van der Waals surface area (Å²) in [6.07, 6.45) is 3.34. The van der Waals surface area contributed by atoms with Crippen molar-refractivity contribution in [2.24, 2.45) is 5.73 Å². The Labute approximate surface area is 108 Å². The van der Waals surface area contributed by atoms with Crippen LogP contribution in [-0.2, 0) is 10.0 Å². The highest BCUT2D eigenvalue weighted by Crippen LogP contribution is 2.25. The fourth-order valence-corrected chi connectivity index (χ4v) is 3.87. The third kappa shape index (κ3) is 2.71. The molecule has 0 bridgehead atoms. The second-order valence-electron chi connectivity index (χ2n) is 4.70. The van der Waals surface area contributed by atoms with Gasteiger partial charge in [0.25, 0.3) is 0 Å². The first-order chi connectivity index (χ1) is 8.51. The molecule has 2 heterocycles. The molecule has 2 rings (SSSR count). The van der Waals surface area contributed by atoms with Gasteiger partial charge in [-0.2, -0.15) is 4.31 Å². The molecule has 6 heteroatoms. The second-order valence-corrected chi connectivity index (χ2v) is 6.96. The number of hydrogen-bond donors (Lipinski definition) is 1. The van der Waals surface area contributed by atoms with E-state index in [1.165, 1.54) is 4.31 Å². The van der Waals surface area contributed by atoms with Crippen LogP contribution in [0.4, 0.5) is 0 Å². The third-order valence-electron chi connectivity index (χ3n) is 3.33. The monoisotopic (exact) mass is 269 g/mol. The summed E-state index contributed by atoms with van der Waals surface area (Å²) >= 11 is 0. The fourth-order valence-electron chi connectivity index (χ4n) is 2.20. The summed E-state index contributed by atoms with van der Waals surface area (Å²) in [6, 6.07) is 5.27. The zero-order valence-electron chi connectivity index (χ0n) is 10.5. The van der Waals surface area contributed by atoms with Gasteiger partial charge in [-0.3, -0.25) is 4.98 Å². The van der Waals surface area contributed by atoms with Crippen LogP contribution in [0, 0.1) is 0 Å². The zero-order valence-corrected chi connectivity index (χ0v) is 11.3. The summed E-state index contributed by atoms with van der Waals surface area (Å²) in [5, 5.41) is -0.621. The van der Waals surface area contributed by atoms with Gasteiger partial charge in [-0.25, -0.2) is 8.42 Å². The molecular formula is C12H19N3O2S. The van der Waals surface area contributed by atoms with Crippen LogP contribution >= 0.6 is 0 Å². The number of rotatable bonds is 3. The van der Waals surface area contributed by atoms with Crippen molar-refractivity contribution >= 4 is 10.0 Å². The van der Waals surface area contributed by atoms with Crippen molar-refractivity contribution < 1.29 is 8.42 Å². The van der Waals surface area contributed by atoms with Gasteiger partial charge < -0.3 is 5.73 Å². The van der Waals surface area contributed by atoms with E-state index >= 15 is 0 Å². The molecule has 0 unspecified atom stereocenters. The van der Waals surface area contributed by atoms with Gasteiger partial charge in [-0.15, -0.1) is 0 Å². The lowest BCUT2D eigenvalue weighted by Crippen LogP contribution is -2.46. The number of piperidine rings is 1. The van der Waals surface area contributed by atoms with Crippen LogP contribution in [0.25, 0.3) is 0 Å². The maximum absolute atomic E-state index is 12.5. The summed E-state index contributed by atoms with van der Waals surface area (Å²) < 4.78 is 26.4. The standard InChI is InChI=1S/C12H19N3O2S/c1-10(12-6-2-3-7-14-12)18(16,17)15-8-4-5-11(13)9-15/h2-3,6-7,10-11H,4-5,8-9,13H2,1H3/t10-,11+/m0/s1. The Hall–Kier alpha value is -0.980. The minimum absolute atomic E-state index is 0.0514. The fraction of sp³-hybridized carbons (Fsp3) is 0.583. The molecule has 0 saturated carbocycles. The molecule has 0 radical (unpaired) electrons. The predicted molar refractivity (Wildman–Crippen MR) is 70.4 cm³/mol. The molecule has 1 aliphatic heterocycles. The Morgan fingerprint density at radius 2 is 2.28 bits per heavy atom. The van der Waals surface area contributed by atoms with Crippen molar-refractivity contribution in [1.29, 1.82) is 0 Å². The molecule has 0 spiro atoms. The second kappa shape index (κ2) is 5.34. The number of nitrogens with zero attached hydrogens (tertiary/aromatic N) is 2. The van der Waals surface area contributed by atoms with Crippen LogP contribution in [0.5, 0.6) is 0 Å². The molecule has 1 fully saturated rings. The first-order valence-electron chi connectivity index (χ1n) is 6.17. The maximum atomic E-state index is 12.5. The molecule has 1 aromatic heterocycles. The lowest BCUT2D eigenvalue weighted by Gasteiger charge is -2.31. The summed E-state index contributed by atoms with van der Waals surface area (Å²) in [7, 11) is -3.36. The molecule has 0 amide bonds. The van der Waals surface area contributed by atoms with E-state index in [0.717, 1.165) is 12.8 Å². The number of pyridine rings is 1. The van der Waals surface area contributed by atoms with Crippen LogP contribution in [0.2, 0.25) is 0 Å². The highest BCUT2D eigenvalue weighted by molar-refractivity contribution is 7.89. The lowest BCUT2D eigenvalue weighted by atomic mass is 10.1. The molecule has 5 nitrogen and oxygen atoms in total. The number of aromatic nitrogens is 1. The quantitative estimate of drug-likeness (QED) is 0.884. The maximum Gasteiger partial charge on any atom is 0.222 e. The minimum atomic E-state index is -3.36. The Morgan fingerprint density at radius 1 is 1.50 bits per heavy atom. The van der Waals surface area contributed by atoms with Crippen LogP contribution in [0.15, 0.2) is 24.4 Å². The van der Waals surface area contributed by atoms with E-state index in [2.05, 4.69) is 4.98 Å². The molecule has 0 aromatic carbocycles. The SMILES string of the molecule is C[C@@H](c1ccccn1)S(=O)(=O)N1CCC[C@@H](N)C1. The van der Waals surface area contributed by atoms with E-state index in [1.807, 2.05) is 0 Å². The molecule has 2 atom stereocenters. The Balaban J connectivity index is 2.20. The first-order valence-corrected chi connectivity index (χ1v) is 7.67. The first kappa shape index (κ1) is 13.5. The third-order valence-corrected chi connectivity index (χ3v) is 5.52. The van der Waals surface area contributed by atoms with Gasteiger partial charge in [-0.05, 0) is 31.9 Å². The highest BCUT2D eigenvalue weighted by atomic mass is 32.2. The molecule has 1 saturated heterocycles. The van der Waals surface area contributed by atoms with Crippen molar-refractivity contribution in [3.63, 3.8) is 0 Å². The molecule has 1 aromatic rings. The van der Waals surface area contributed by atoms with E-state index < -0.39 is 15.3 Å². The van der Waals surface area contributed by atoms with E-state index in [-0.39, 0.29) is 6.04 Å². The van der Waals surface area contributed by atoms with Crippen molar-refractivity contribution in [2.75, 3.05) is 13.1 Å². The highest BCUT2D eigenvalue weighted by Gasteiger charge is 2.33. The molecule has 0 aliphatic carbocycles. The van der Waals surface area contributed by atoms with Gasteiger partial charge in [0.1, 0.15) is 5.25 Å². The Morgan fingerprint density at radius 3 is 2.89 bits per heavy atom. The van der Waals surface area contributed by atoms with Gasteiger partial charge in [0.15, 0.2) is 0 Å². The topological polar surface area (TPSA) is 76.3 Å². The zero-order chi connectivity index (χ0) is 13.2. The van der Waals surface area contributed by atoms with Gasteiger partial charge in [0, 0.05) is 25.3 Å². The largest absolute Gasteiger partial charge is 0.327 e. The Kier molecular flexibility index (Phi) is 3.99.